The fourth-order valence-corrected chi connectivity index (χ4v) is 4.73. The van der Waals surface area contributed by atoms with E-state index in [0.717, 1.165) is 28.3 Å². The highest BCUT2D eigenvalue weighted by Gasteiger charge is 2.28. The first-order valence-electron chi connectivity index (χ1n) is 12.0. The van der Waals surface area contributed by atoms with Crippen molar-refractivity contribution >= 4 is 39.7 Å². The molecule has 0 saturated carbocycles. The van der Waals surface area contributed by atoms with E-state index < -0.39 is 11.6 Å². The molecule has 1 atom stereocenters. The van der Waals surface area contributed by atoms with Crippen LogP contribution in [-0.2, 0) is 20.8 Å². The van der Waals surface area contributed by atoms with Crippen LogP contribution < -0.4 is 10.9 Å². The van der Waals surface area contributed by atoms with Gasteiger partial charge in [-0.05, 0) is 56.7 Å². The maximum atomic E-state index is 12.9. The Bertz CT molecular complexity index is 1340. The zero-order valence-corrected chi connectivity index (χ0v) is 20.0. The van der Waals surface area contributed by atoms with Gasteiger partial charge in [0.25, 0.3) is 0 Å². The molecular formula is C26H30N2O7. The van der Waals surface area contributed by atoms with Gasteiger partial charge >= 0.3 is 11.6 Å². The third kappa shape index (κ3) is 5.39. The summed E-state index contributed by atoms with van der Waals surface area (Å²) in [6, 6.07) is 3.68. The Balaban J connectivity index is 1.40. The molecule has 1 saturated heterocycles. The van der Waals surface area contributed by atoms with E-state index in [2.05, 4.69) is 5.32 Å². The Morgan fingerprint density at radius 1 is 1.14 bits per heavy atom. The van der Waals surface area contributed by atoms with Gasteiger partial charge in [0.05, 0.1) is 12.2 Å². The highest BCUT2D eigenvalue weighted by atomic mass is 16.4. The third-order valence-corrected chi connectivity index (χ3v) is 6.78. The molecule has 2 aromatic heterocycles. The molecule has 9 heteroatoms. The molecule has 1 aliphatic rings. The number of aryl methyl sites for hydroxylation is 2. The van der Waals surface area contributed by atoms with Crippen molar-refractivity contribution in [3.8, 4) is 0 Å². The number of piperidine rings is 1. The molecule has 186 valence electrons. The van der Waals surface area contributed by atoms with Gasteiger partial charge in [-0.3, -0.25) is 14.4 Å². The van der Waals surface area contributed by atoms with Crippen molar-refractivity contribution < 1.29 is 28.3 Å². The monoisotopic (exact) mass is 482 g/mol. The predicted octanol–water partition coefficient (Wildman–Crippen LogP) is 3.31. The smallest absolute Gasteiger partial charge is 0.339 e. The summed E-state index contributed by atoms with van der Waals surface area (Å²) >= 11 is 0. The number of carbonyl (C=O) groups is 3. The highest BCUT2D eigenvalue weighted by Crippen LogP contribution is 2.29. The van der Waals surface area contributed by atoms with Gasteiger partial charge in [-0.1, -0.05) is 0 Å². The average Bonchev–Trinajstić information content (AvgIpc) is 3.19. The number of likely N-dealkylation sites (tertiary alicyclic amines) is 1. The first kappa shape index (κ1) is 24.5. The van der Waals surface area contributed by atoms with Crippen molar-refractivity contribution in [2.75, 3.05) is 19.6 Å². The van der Waals surface area contributed by atoms with Gasteiger partial charge in [-0.15, -0.1) is 0 Å². The molecule has 0 spiro atoms. The summed E-state index contributed by atoms with van der Waals surface area (Å²) in [5, 5.41) is 13.2. The molecule has 9 nitrogen and oxygen atoms in total. The lowest BCUT2D eigenvalue weighted by molar-refractivity contribution is -0.138. The number of carbonyl (C=O) groups excluding carboxylic acids is 2. The number of aliphatic carboxylic acids is 1. The number of amides is 2. The summed E-state index contributed by atoms with van der Waals surface area (Å²) < 4.78 is 11.1. The van der Waals surface area contributed by atoms with Crippen LogP contribution in [0.25, 0.3) is 21.9 Å². The summed E-state index contributed by atoms with van der Waals surface area (Å²) in [6.07, 6.45) is 3.85. The second-order valence-corrected chi connectivity index (χ2v) is 9.22. The lowest BCUT2D eigenvalue weighted by Crippen LogP contribution is -2.45. The number of hydrogen-bond donors (Lipinski definition) is 2. The van der Waals surface area contributed by atoms with Crippen molar-refractivity contribution in [3.63, 3.8) is 0 Å². The average molecular weight is 483 g/mol. The molecule has 3 aromatic rings. The third-order valence-electron chi connectivity index (χ3n) is 6.78. The van der Waals surface area contributed by atoms with E-state index in [-0.39, 0.29) is 37.0 Å². The second-order valence-electron chi connectivity index (χ2n) is 9.22. The van der Waals surface area contributed by atoms with Gasteiger partial charge in [-0.25, -0.2) is 4.79 Å². The molecule has 2 amide bonds. The fraction of sp³-hybridized carbons (Fsp3) is 0.462. The minimum atomic E-state index is -0.894. The van der Waals surface area contributed by atoms with Gasteiger partial charge in [0.15, 0.2) is 0 Å². The van der Waals surface area contributed by atoms with Crippen LogP contribution in [0, 0.1) is 19.8 Å². The number of fused-ring (bicyclic) bond motifs is 2. The summed E-state index contributed by atoms with van der Waals surface area (Å²) in [5.41, 5.74) is 2.93. The molecule has 1 unspecified atom stereocenters. The van der Waals surface area contributed by atoms with Gasteiger partial charge in [-0.2, -0.15) is 0 Å². The summed E-state index contributed by atoms with van der Waals surface area (Å²) in [4.78, 5) is 50.3. The molecule has 1 fully saturated rings. The van der Waals surface area contributed by atoms with Crippen LogP contribution in [0.5, 0.6) is 0 Å². The lowest BCUT2D eigenvalue weighted by atomic mass is 9.96. The van der Waals surface area contributed by atoms with Gasteiger partial charge < -0.3 is 24.2 Å². The molecule has 4 rings (SSSR count). The van der Waals surface area contributed by atoms with Crippen molar-refractivity contribution in [1.82, 2.24) is 10.2 Å². The van der Waals surface area contributed by atoms with E-state index in [0.29, 0.717) is 49.2 Å². The minimum Gasteiger partial charge on any atom is -0.481 e. The number of carboxylic acids is 1. The van der Waals surface area contributed by atoms with Crippen molar-refractivity contribution in [1.29, 1.82) is 0 Å². The number of benzene rings is 1. The van der Waals surface area contributed by atoms with E-state index in [1.807, 2.05) is 19.9 Å². The normalized spacial score (nSPS) is 16.1. The predicted molar refractivity (Wildman–Crippen MR) is 129 cm³/mol. The van der Waals surface area contributed by atoms with Gasteiger partial charge in [0.2, 0.25) is 11.8 Å². The molecule has 1 aromatic carbocycles. The quantitative estimate of drug-likeness (QED) is 0.372. The van der Waals surface area contributed by atoms with Crippen LogP contribution in [0.15, 0.2) is 32.0 Å². The molecular weight excluding hydrogens is 452 g/mol. The zero-order chi connectivity index (χ0) is 25.1. The van der Waals surface area contributed by atoms with Gasteiger partial charge in [0.1, 0.15) is 11.2 Å². The maximum absolute atomic E-state index is 12.9. The van der Waals surface area contributed by atoms with Crippen LogP contribution >= 0.6 is 0 Å². The SMILES string of the molecule is Cc1coc2cc3oc(=O)c(CCC(=O)N4CCCC(C(=O)NCCCC(=O)O)C4)c(C)c3cc12. The maximum Gasteiger partial charge on any atom is 0.339 e. The molecule has 2 N–H and O–H groups in total. The minimum absolute atomic E-state index is 0.00426. The summed E-state index contributed by atoms with van der Waals surface area (Å²) in [5.74, 6) is -1.46. The van der Waals surface area contributed by atoms with Crippen molar-refractivity contribution in [2.45, 2.75) is 52.4 Å². The Kier molecular flexibility index (Phi) is 7.23. The second kappa shape index (κ2) is 10.3. The van der Waals surface area contributed by atoms with Crippen LogP contribution in [0.3, 0.4) is 0 Å². The number of nitrogens with one attached hydrogen (secondary N) is 1. The Hall–Kier alpha value is -3.62. The van der Waals surface area contributed by atoms with Crippen LogP contribution in [0.4, 0.5) is 0 Å². The molecule has 35 heavy (non-hydrogen) atoms. The zero-order valence-electron chi connectivity index (χ0n) is 20.0. The summed E-state index contributed by atoms with van der Waals surface area (Å²) in [7, 11) is 0. The van der Waals surface area contributed by atoms with E-state index in [4.69, 9.17) is 13.9 Å². The van der Waals surface area contributed by atoms with E-state index in [9.17, 15) is 19.2 Å². The van der Waals surface area contributed by atoms with Crippen LogP contribution in [0.1, 0.15) is 48.8 Å². The number of hydrogen-bond acceptors (Lipinski definition) is 6. The lowest BCUT2D eigenvalue weighted by Gasteiger charge is -2.32. The van der Waals surface area contributed by atoms with E-state index in [1.54, 1.807) is 17.2 Å². The fourth-order valence-electron chi connectivity index (χ4n) is 4.73. The summed E-state index contributed by atoms with van der Waals surface area (Å²) in [6.45, 7) is 5.02. The standard InChI is InChI=1S/C26H30N2O7/c1-15-14-34-21-12-22-20(11-19(15)21)16(2)18(26(33)35-22)7-8-23(29)28-10-4-5-17(13-28)25(32)27-9-3-6-24(30)31/h11-12,14,17H,3-10,13H2,1-2H3,(H,27,32)(H,30,31). The molecule has 0 aliphatic carbocycles. The Labute approximate surface area is 202 Å². The van der Waals surface area contributed by atoms with Crippen molar-refractivity contribution in [2.24, 2.45) is 5.92 Å². The number of nitrogens with zero attached hydrogens (tertiary/aromatic N) is 1. The number of carboxylic acid groups (broad SMARTS) is 1. The molecule has 1 aliphatic heterocycles. The topological polar surface area (TPSA) is 130 Å². The number of rotatable bonds is 8. The van der Waals surface area contributed by atoms with E-state index >= 15 is 0 Å². The molecule has 0 radical (unpaired) electrons. The Morgan fingerprint density at radius 2 is 1.94 bits per heavy atom. The molecule has 3 heterocycles. The van der Waals surface area contributed by atoms with Crippen molar-refractivity contribution in [3.05, 3.63) is 45.5 Å². The van der Waals surface area contributed by atoms with Crippen LogP contribution in [0.2, 0.25) is 0 Å². The first-order chi connectivity index (χ1) is 16.7. The molecule has 0 bridgehead atoms. The van der Waals surface area contributed by atoms with E-state index in [1.165, 1.54) is 0 Å². The number of furan rings is 1. The van der Waals surface area contributed by atoms with Gasteiger partial charge in [0, 0.05) is 54.9 Å². The largest absolute Gasteiger partial charge is 0.481 e. The van der Waals surface area contributed by atoms with Crippen LogP contribution in [-0.4, -0.2) is 47.4 Å². The highest BCUT2D eigenvalue weighted by molar-refractivity contribution is 5.96. The Morgan fingerprint density at radius 3 is 2.71 bits per heavy atom. The first-order valence-corrected chi connectivity index (χ1v) is 12.0.